The van der Waals surface area contributed by atoms with Crippen molar-refractivity contribution in [2.75, 3.05) is 6.54 Å². The molecule has 0 radical (unpaired) electrons. The van der Waals surface area contributed by atoms with Gasteiger partial charge in [0.1, 0.15) is 0 Å². The second kappa shape index (κ2) is 7.73. The number of amides is 1. The van der Waals surface area contributed by atoms with Crippen molar-refractivity contribution in [3.05, 3.63) is 33.8 Å². The molecule has 106 valence electrons. The van der Waals surface area contributed by atoms with Gasteiger partial charge in [0.2, 0.25) is 5.91 Å². The number of nitrogens with two attached hydrogens (primary N) is 1. The van der Waals surface area contributed by atoms with E-state index in [1.807, 2.05) is 19.9 Å². The Morgan fingerprint density at radius 2 is 2.11 bits per heavy atom. The standard InChI is InChI=1S/C14H20Cl2N2O/c1-3-9(2)13(17)14(19)18-7-6-10-4-5-11(15)8-12(10)16/h4-5,8-9,13H,3,6-7,17H2,1-2H3,(H,18,19). The Morgan fingerprint density at radius 3 is 2.68 bits per heavy atom. The maximum atomic E-state index is 11.8. The third-order valence-electron chi connectivity index (χ3n) is 3.27. The Balaban J connectivity index is 2.44. The van der Waals surface area contributed by atoms with Gasteiger partial charge in [0.05, 0.1) is 6.04 Å². The highest BCUT2D eigenvalue weighted by molar-refractivity contribution is 6.35. The van der Waals surface area contributed by atoms with Gasteiger partial charge in [-0.1, -0.05) is 49.5 Å². The first kappa shape index (κ1) is 16.3. The summed E-state index contributed by atoms with van der Waals surface area (Å²) in [5, 5.41) is 4.06. The minimum Gasteiger partial charge on any atom is -0.354 e. The van der Waals surface area contributed by atoms with E-state index in [0.29, 0.717) is 23.0 Å². The fraction of sp³-hybridized carbons (Fsp3) is 0.500. The zero-order valence-electron chi connectivity index (χ0n) is 11.2. The van der Waals surface area contributed by atoms with Crippen LogP contribution in [0.25, 0.3) is 0 Å². The van der Waals surface area contributed by atoms with Gasteiger partial charge in [-0.05, 0) is 30.0 Å². The first-order valence-corrected chi connectivity index (χ1v) is 7.18. The number of nitrogens with one attached hydrogen (secondary N) is 1. The number of hydrogen-bond donors (Lipinski definition) is 2. The van der Waals surface area contributed by atoms with Crippen LogP contribution in [0.15, 0.2) is 18.2 Å². The van der Waals surface area contributed by atoms with Gasteiger partial charge >= 0.3 is 0 Å². The molecule has 0 heterocycles. The van der Waals surface area contributed by atoms with Gasteiger partial charge in [0.15, 0.2) is 0 Å². The second-order valence-electron chi connectivity index (χ2n) is 4.69. The van der Waals surface area contributed by atoms with E-state index in [1.165, 1.54) is 0 Å². The van der Waals surface area contributed by atoms with E-state index in [4.69, 9.17) is 28.9 Å². The van der Waals surface area contributed by atoms with Gasteiger partial charge in [-0.15, -0.1) is 0 Å². The summed E-state index contributed by atoms with van der Waals surface area (Å²) < 4.78 is 0. The molecule has 0 aromatic heterocycles. The van der Waals surface area contributed by atoms with E-state index >= 15 is 0 Å². The normalized spacial score (nSPS) is 13.9. The van der Waals surface area contributed by atoms with Gasteiger partial charge in [0.25, 0.3) is 0 Å². The van der Waals surface area contributed by atoms with E-state index in [1.54, 1.807) is 12.1 Å². The molecule has 0 spiro atoms. The van der Waals surface area contributed by atoms with Crippen LogP contribution >= 0.6 is 23.2 Å². The molecular formula is C14H20Cl2N2O. The predicted octanol–water partition coefficient (Wildman–Crippen LogP) is 3.03. The summed E-state index contributed by atoms with van der Waals surface area (Å²) >= 11 is 11.9. The smallest absolute Gasteiger partial charge is 0.237 e. The van der Waals surface area contributed by atoms with Crippen molar-refractivity contribution in [2.45, 2.75) is 32.7 Å². The lowest BCUT2D eigenvalue weighted by Crippen LogP contribution is -2.45. The van der Waals surface area contributed by atoms with Crippen LogP contribution in [0, 0.1) is 5.92 Å². The molecule has 0 aliphatic rings. The second-order valence-corrected chi connectivity index (χ2v) is 5.53. The number of carbonyl (C=O) groups excluding carboxylic acids is 1. The summed E-state index contributed by atoms with van der Waals surface area (Å²) in [4.78, 5) is 11.8. The largest absolute Gasteiger partial charge is 0.354 e. The van der Waals surface area contributed by atoms with Crippen molar-refractivity contribution < 1.29 is 4.79 Å². The highest BCUT2D eigenvalue weighted by Crippen LogP contribution is 2.21. The number of halogens is 2. The monoisotopic (exact) mass is 302 g/mol. The minimum atomic E-state index is -0.453. The molecule has 0 fully saturated rings. The zero-order valence-corrected chi connectivity index (χ0v) is 12.8. The van der Waals surface area contributed by atoms with Crippen molar-refractivity contribution in [3.63, 3.8) is 0 Å². The van der Waals surface area contributed by atoms with E-state index < -0.39 is 6.04 Å². The van der Waals surface area contributed by atoms with Gasteiger partial charge in [0, 0.05) is 16.6 Å². The van der Waals surface area contributed by atoms with Crippen LogP contribution in [0.1, 0.15) is 25.8 Å². The Morgan fingerprint density at radius 1 is 1.42 bits per heavy atom. The SMILES string of the molecule is CCC(C)C(N)C(=O)NCCc1ccc(Cl)cc1Cl. The topological polar surface area (TPSA) is 55.1 Å². The third kappa shape index (κ3) is 5.01. The molecule has 0 saturated heterocycles. The lowest BCUT2D eigenvalue weighted by atomic mass is 9.99. The number of benzene rings is 1. The summed E-state index contributed by atoms with van der Waals surface area (Å²) in [6.45, 7) is 4.51. The fourth-order valence-electron chi connectivity index (χ4n) is 1.67. The van der Waals surface area contributed by atoms with Gasteiger partial charge < -0.3 is 11.1 Å². The summed E-state index contributed by atoms with van der Waals surface area (Å²) in [5.74, 6) is 0.0681. The van der Waals surface area contributed by atoms with Gasteiger partial charge in [-0.2, -0.15) is 0 Å². The molecule has 2 atom stereocenters. The molecule has 0 aliphatic heterocycles. The fourth-order valence-corrected chi connectivity index (χ4v) is 2.18. The van der Waals surface area contributed by atoms with Crippen molar-refractivity contribution in [3.8, 4) is 0 Å². The molecule has 1 aromatic carbocycles. The van der Waals surface area contributed by atoms with E-state index in [0.717, 1.165) is 12.0 Å². The van der Waals surface area contributed by atoms with Crippen LogP contribution in [-0.2, 0) is 11.2 Å². The molecule has 5 heteroatoms. The van der Waals surface area contributed by atoms with E-state index in [2.05, 4.69) is 5.32 Å². The number of hydrogen-bond acceptors (Lipinski definition) is 2. The molecule has 0 bridgehead atoms. The quantitative estimate of drug-likeness (QED) is 0.848. The first-order valence-electron chi connectivity index (χ1n) is 6.43. The van der Waals surface area contributed by atoms with E-state index in [9.17, 15) is 4.79 Å². The molecule has 1 aromatic rings. The number of carbonyl (C=O) groups is 1. The lowest BCUT2D eigenvalue weighted by Gasteiger charge is -2.17. The third-order valence-corrected chi connectivity index (χ3v) is 3.86. The molecule has 1 amide bonds. The lowest BCUT2D eigenvalue weighted by molar-refractivity contribution is -0.123. The maximum Gasteiger partial charge on any atom is 0.237 e. The molecular weight excluding hydrogens is 283 g/mol. The van der Waals surface area contributed by atoms with Crippen molar-refractivity contribution in [2.24, 2.45) is 11.7 Å². The molecule has 3 nitrogen and oxygen atoms in total. The average molecular weight is 303 g/mol. The summed E-state index contributed by atoms with van der Waals surface area (Å²) in [7, 11) is 0. The zero-order chi connectivity index (χ0) is 14.4. The Kier molecular flexibility index (Phi) is 6.63. The molecule has 0 saturated carbocycles. The van der Waals surface area contributed by atoms with Crippen molar-refractivity contribution in [1.29, 1.82) is 0 Å². The van der Waals surface area contributed by atoms with Gasteiger partial charge in [-0.3, -0.25) is 4.79 Å². The Hall–Kier alpha value is -0.770. The minimum absolute atomic E-state index is 0.112. The average Bonchev–Trinajstić information content (AvgIpc) is 2.39. The molecule has 3 N–H and O–H groups in total. The summed E-state index contributed by atoms with van der Waals surface area (Å²) in [5.41, 5.74) is 6.81. The highest BCUT2D eigenvalue weighted by atomic mass is 35.5. The molecule has 2 unspecified atom stereocenters. The Bertz CT molecular complexity index is 437. The van der Waals surface area contributed by atoms with Crippen LogP contribution in [0.4, 0.5) is 0 Å². The van der Waals surface area contributed by atoms with Crippen molar-refractivity contribution >= 4 is 29.1 Å². The van der Waals surface area contributed by atoms with Crippen LogP contribution < -0.4 is 11.1 Å². The van der Waals surface area contributed by atoms with Crippen molar-refractivity contribution in [1.82, 2.24) is 5.32 Å². The number of rotatable bonds is 6. The van der Waals surface area contributed by atoms with E-state index in [-0.39, 0.29) is 11.8 Å². The molecule has 1 rings (SSSR count). The Labute approximate surface area is 124 Å². The van der Waals surface area contributed by atoms with Crippen LogP contribution in [0.3, 0.4) is 0 Å². The van der Waals surface area contributed by atoms with Crippen LogP contribution in [0.5, 0.6) is 0 Å². The summed E-state index contributed by atoms with van der Waals surface area (Å²) in [6, 6.07) is 4.90. The maximum absolute atomic E-state index is 11.8. The molecule has 19 heavy (non-hydrogen) atoms. The van der Waals surface area contributed by atoms with Crippen LogP contribution in [-0.4, -0.2) is 18.5 Å². The highest BCUT2D eigenvalue weighted by Gasteiger charge is 2.18. The first-order chi connectivity index (χ1) is 8.95. The van der Waals surface area contributed by atoms with Crippen LogP contribution in [0.2, 0.25) is 10.0 Å². The summed E-state index contributed by atoms with van der Waals surface area (Å²) in [6.07, 6.45) is 1.55. The molecule has 0 aliphatic carbocycles. The van der Waals surface area contributed by atoms with Gasteiger partial charge in [-0.25, -0.2) is 0 Å². The predicted molar refractivity (Wildman–Crippen MR) is 80.6 cm³/mol.